The number of fused-ring (bicyclic) bond motifs is 4. The fraction of sp³-hybridized carbons (Fsp3) is 0.240. The minimum Gasteiger partial charge on any atom is -0.497 e. The van der Waals surface area contributed by atoms with Crippen LogP contribution in [-0.2, 0) is 4.74 Å². The summed E-state index contributed by atoms with van der Waals surface area (Å²) in [7, 11) is 1.58. The maximum Gasteiger partial charge on any atom is 0.414 e. The molecular weight excluding hydrogens is 378 g/mol. The number of nitrogens with zero attached hydrogens (tertiary/aromatic N) is 1. The number of carbonyl (C=O) groups is 1. The first-order valence-corrected chi connectivity index (χ1v) is 10.2. The van der Waals surface area contributed by atoms with Crippen LogP contribution in [0.4, 0.5) is 10.5 Å². The summed E-state index contributed by atoms with van der Waals surface area (Å²) in [5.41, 5.74) is 6.14. The lowest BCUT2D eigenvalue weighted by molar-refractivity contribution is 0.140. The zero-order valence-electron chi connectivity index (χ0n) is 16.7. The van der Waals surface area contributed by atoms with Gasteiger partial charge in [-0.1, -0.05) is 48.5 Å². The lowest BCUT2D eigenvalue weighted by Crippen LogP contribution is -2.37. The molecule has 2 aliphatic rings. The Morgan fingerprint density at radius 3 is 2.33 bits per heavy atom. The van der Waals surface area contributed by atoms with Crippen LogP contribution in [0.1, 0.15) is 35.1 Å². The van der Waals surface area contributed by atoms with Crippen molar-refractivity contribution in [3.63, 3.8) is 0 Å². The average Bonchev–Trinajstić information content (AvgIpc) is 3.11. The molecule has 0 saturated carbocycles. The van der Waals surface area contributed by atoms with Crippen molar-refractivity contribution in [1.29, 1.82) is 0 Å². The smallest absolute Gasteiger partial charge is 0.414 e. The SMILES string of the molecule is COc1ccc2c(c1)C(O)CCN2C(=O)OCC1c2ccccc2-c2ccccc21. The highest BCUT2D eigenvalue weighted by atomic mass is 16.6. The molecule has 3 aromatic rings. The van der Waals surface area contributed by atoms with Crippen LogP contribution in [0, 0.1) is 0 Å². The molecule has 0 saturated heterocycles. The van der Waals surface area contributed by atoms with Crippen molar-refractivity contribution in [2.24, 2.45) is 0 Å². The molecule has 1 aliphatic carbocycles. The molecule has 1 heterocycles. The van der Waals surface area contributed by atoms with Gasteiger partial charge in [0.1, 0.15) is 12.4 Å². The molecule has 0 fully saturated rings. The van der Waals surface area contributed by atoms with E-state index in [0.717, 1.165) is 0 Å². The number of hydrogen-bond donors (Lipinski definition) is 1. The molecule has 1 atom stereocenters. The van der Waals surface area contributed by atoms with Gasteiger partial charge in [-0.3, -0.25) is 4.90 Å². The Kier molecular flexibility index (Phi) is 4.68. The number of anilines is 1. The molecule has 0 aromatic heterocycles. The van der Waals surface area contributed by atoms with Gasteiger partial charge < -0.3 is 14.6 Å². The van der Waals surface area contributed by atoms with E-state index in [2.05, 4.69) is 24.3 Å². The minimum atomic E-state index is -0.618. The van der Waals surface area contributed by atoms with Crippen molar-refractivity contribution >= 4 is 11.8 Å². The highest BCUT2D eigenvalue weighted by molar-refractivity contribution is 5.90. The lowest BCUT2D eigenvalue weighted by Gasteiger charge is -2.32. The Hall–Kier alpha value is -3.31. The van der Waals surface area contributed by atoms with Gasteiger partial charge in [0, 0.05) is 18.0 Å². The Balaban J connectivity index is 1.38. The van der Waals surface area contributed by atoms with Gasteiger partial charge in [0.15, 0.2) is 0 Å². The van der Waals surface area contributed by atoms with E-state index in [0.29, 0.717) is 30.0 Å². The van der Waals surface area contributed by atoms with Gasteiger partial charge in [0.05, 0.1) is 18.9 Å². The zero-order valence-corrected chi connectivity index (χ0v) is 16.7. The van der Waals surface area contributed by atoms with Gasteiger partial charge in [0.25, 0.3) is 0 Å². The second kappa shape index (κ2) is 7.50. The van der Waals surface area contributed by atoms with E-state index in [4.69, 9.17) is 9.47 Å². The summed E-state index contributed by atoms with van der Waals surface area (Å²) in [5, 5.41) is 10.4. The Bertz CT molecular complexity index is 1060. The van der Waals surface area contributed by atoms with Gasteiger partial charge in [0.2, 0.25) is 0 Å². The van der Waals surface area contributed by atoms with Gasteiger partial charge >= 0.3 is 6.09 Å². The molecule has 1 unspecified atom stereocenters. The third-order valence-electron chi connectivity index (χ3n) is 6.07. The average molecular weight is 401 g/mol. The van der Waals surface area contributed by atoms with Crippen molar-refractivity contribution in [2.45, 2.75) is 18.4 Å². The second-order valence-electron chi connectivity index (χ2n) is 7.68. The standard InChI is InChI=1S/C25H23NO4/c1-29-16-10-11-23-21(14-16)24(27)12-13-26(23)25(28)30-15-22-19-8-4-2-6-17(19)18-7-3-5-9-20(18)22/h2-11,14,22,24,27H,12-13,15H2,1H3. The minimum absolute atomic E-state index is 0.0204. The fourth-order valence-corrected chi connectivity index (χ4v) is 4.56. The summed E-state index contributed by atoms with van der Waals surface area (Å²) in [6.45, 7) is 0.689. The monoisotopic (exact) mass is 401 g/mol. The molecule has 5 heteroatoms. The van der Waals surface area contributed by atoms with Crippen molar-refractivity contribution in [2.75, 3.05) is 25.2 Å². The molecule has 0 spiro atoms. The molecule has 152 valence electrons. The van der Waals surface area contributed by atoms with E-state index in [1.54, 1.807) is 30.2 Å². The number of carbonyl (C=O) groups excluding carboxylic acids is 1. The third kappa shape index (κ3) is 3.02. The molecule has 1 amide bonds. The number of aliphatic hydroxyl groups is 1. The van der Waals surface area contributed by atoms with Crippen LogP contribution >= 0.6 is 0 Å². The molecule has 30 heavy (non-hydrogen) atoms. The van der Waals surface area contributed by atoms with E-state index in [-0.39, 0.29) is 12.5 Å². The highest BCUT2D eigenvalue weighted by Crippen LogP contribution is 2.44. The summed E-state index contributed by atoms with van der Waals surface area (Å²) in [4.78, 5) is 14.6. The van der Waals surface area contributed by atoms with Gasteiger partial charge in [-0.15, -0.1) is 0 Å². The van der Waals surface area contributed by atoms with Crippen LogP contribution in [0.25, 0.3) is 11.1 Å². The van der Waals surface area contributed by atoms with E-state index in [1.807, 2.05) is 24.3 Å². The molecule has 5 nitrogen and oxygen atoms in total. The molecule has 3 aromatic carbocycles. The van der Waals surface area contributed by atoms with Crippen LogP contribution in [0.15, 0.2) is 66.7 Å². The van der Waals surface area contributed by atoms with Crippen LogP contribution < -0.4 is 9.64 Å². The first kappa shape index (κ1) is 18.7. The first-order chi connectivity index (χ1) is 14.7. The number of benzene rings is 3. The van der Waals surface area contributed by atoms with E-state index in [9.17, 15) is 9.90 Å². The Morgan fingerprint density at radius 1 is 1.00 bits per heavy atom. The Morgan fingerprint density at radius 2 is 1.67 bits per heavy atom. The summed E-state index contributed by atoms with van der Waals surface area (Å²) in [6.07, 6.45) is -0.549. The summed E-state index contributed by atoms with van der Waals surface area (Å²) < 4.78 is 11.1. The summed E-state index contributed by atoms with van der Waals surface area (Å²) in [5.74, 6) is 0.675. The quantitative estimate of drug-likeness (QED) is 0.679. The molecule has 0 radical (unpaired) electrons. The summed E-state index contributed by atoms with van der Waals surface area (Å²) in [6, 6.07) is 21.9. The normalized spacial score (nSPS) is 17.1. The molecule has 5 rings (SSSR count). The highest BCUT2D eigenvalue weighted by Gasteiger charge is 2.32. The summed E-state index contributed by atoms with van der Waals surface area (Å²) >= 11 is 0. The number of hydrogen-bond acceptors (Lipinski definition) is 4. The predicted octanol–water partition coefficient (Wildman–Crippen LogP) is 4.89. The first-order valence-electron chi connectivity index (χ1n) is 10.2. The van der Waals surface area contributed by atoms with Crippen molar-refractivity contribution in [3.05, 3.63) is 83.4 Å². The number of ether oxygens (including phenoxy) is 2. The maximum atomic E-state index is 13.0. The van der Waals surface area contributed by atoms with Crippen molar-refractivity contribution in [3.8, 4) is 16.9 Å². The second-order valence-corrected chi connectivity index (χ2v) is 7.68. The van der Waals surface area contributed by atoms with Gasteiger partial charge in [-0.05, 0) is 46.9 Å². The van der Waals surface area contributed by atoms with Crippen LogP contribution in [-0.4, -0.2) is 31.5 Å². The fourth-order valence-electron chi connectivity index (χ4n) is 4.56. The maximum absolute atomic E-state index is 13.0. The van der Waals surface area contributed by atoms with Crippen LogP contribution in [0.5, 0.6) is 5.75 Å². The number of amides is 1. The van der Waals surface area contributed by atoms with E-state index < -0.39 is 12.2 Å². The van der Waals surface area contributed by atoms with Crippen LogP contribution in [0.3, 0.4) is 0 Å². The Labute approximate surface area is 175 Å². The number of methoxy groups -OCH3 is 1. The molecule has 1 aliphatic heterocycles. The largest absolute Gasteiger partial charge is 0.497 e. The van der Waals surface area contributed by atoms with Gasteiger partial charge in [-0.2, -0.15) is 0 Å². The predicted molar refractivity (Wildman–Crippen MR) is 115 cm³/mol. The van der Waals surface area contributed by atoms with Gasteiger partial charge in [-0.25, -0.2) is 4.79 Å². The molecule has 1 N–H and O–H groups in total. The molecular formula is C25H23NO4. The third-order valence-corrected chi connectivity index (χ3v) is 6.07. The zero-order chi connectivity index (χ0) is 20.7. The van der Waals surface area contributed by atoms with Crippen molar-refractivity contribution < 1.29 is 19.4 Å². The number of rotatable bonds is 3. The van der Waals surface area contributed by atoms with E-state index >= 15 is 0 Å². The van der Waals surface area contributed by atoms with Crippen molar-refractivity contribution in [1.82, 2.24) is 0 Å². The lowest BCUT2D eigenvalue weighted by atomic mass is 9.98. The molecule has 0 bridgehead atoms. The topological polar surface area (TPSA) is 59.0 Å². The van der Waals surface area contributed by atoms with E-state index in [1.165, 1.54) is 22.3 Å². The van der Waals surface area contributed by atoms with Crippen LogP contribution in [0.2, 0.25) is 0 Å². The number of aliphatic hydroxyl groups excluding tert-OH is 1.